The zero-order valence-corrected chi connectivity index (χ0v) is 10.7. The van der Waals surface area contributed by atoms with E-state index < -0.39 is 23.6 Å². The summed E-state index contributed by atoms with van der Waals surface area (Å²) in [7, 11) is 0. The molecule has 1 aromatic rings. The van der Waals surface area contributed by atoms with E-state index in [1.165, 1.54) is 11.1 Å². The average Bonchev–Trinajstić information content (AvgIpc) is 2.83. The SMILES string of the molecule is CCC1CCN(C(=O)c2c[nH]c(=O)[nH]2)C(C(=O)O)C1. The van der Waals surface area contributed by atoms with Crippen LogP contribution in [0.1, 0.15) is 36.7 Å². The number of carboxylic acid groups (broad SMARTS) is 1. The van der Waals surface area contributed by atoms with Gasteiger partial charge in [-0.1, -0.05) is 13.3 Å². The Balaban J connectivity index is 2.20. The van der Waals surface area contributed by atoms with Gasteiger partial charge in [-0.05, 0) is 18.8 Å². The molecular weight excluding hydrogens is 250 g/mol. The fourth-order valence-electron chi connectivity index (χ4n) is 2.49. The molecule has 0 aromatic carbocycles. The maximum Gasteiger partial charge on any atom is 0.326 e. The molecule has 7 heteroatoms. The molecule has 1 aliphatic rings. The summed E-state index contributed by atoms with van der Waals surface area (Å²) >= 11 is 0. The number of aliphatic carboxylic acids is 1. The number of hydrogen-bond acceptors (Lipinski definition) is 3. The highest BCUT2D eigenvalue weighted by molar-refractivity contribution is 5.94. The molecule has 1 saturated heterocycles. The molecule has 1 fully saturated rings. The van der Waals surface area contributed by atoms with Crippen molar-refractivity contribution in [1.82, 2.24) is 14.9 Å². The first-order valence-corrected chi connectivity index (χ1v) is 6.34. The number of carbonyl (C=O) groups is 2. The molecule has 0 aliphatic carbocycles. The van der Waals surface area contributed by atoms with Crippen LogP contribution in [0.4, 0.5) is 0 Å². The number of likely N-dealkylation sites (tertiary alicyclic amines) is 1. The van der Waals surface area contributed by atoms with Crippen LogP contribution in [0.15, 0.2) is 11.0 Å². The molecule has 0 spiro atoms. The van der Waals surface area contributed by atoms with Gasteiger partial charge in [-0.3, -0.25) is 4.79 Å². The third-order valence-corrected chi connectivity index (χ3v) is 3.66. The molecule has 1 amide bonds. The molecule has 0 saturated carbocycles. The van der Waals surface area contributed by atoms with Gasteiger partial charge in [0.15, 0.2) is 0 Å². The van der Waals surface area contributed by atoms with E-state index in [9.17, 15) is 19.5 Å². The number of H-pyrrole nitrogens is 2. The van der Waals surface area contributed by atoms with Crippen molar-refractivity contribution in [2.45, 2.75) is 32.2 Å². The quantitative estimate of drug-likeness (QED) is 0.737. The van der Waals surface area contributed by atoms with Crippen molar-refractivity contribution in [3.05, 3.63) is 22.4 Å². The molecule has 2 unspecified atom stereocenters. The topological polar surface area (TPSA) is 106 Å². The number of carbonyl (C=O) groups excluding carboxylic acids is 1. The second kappa shape index (κ2) is 5.29. The zero-order valence-electron chi connectivity index (χ0n) is 10.7. The van der Waals surface area contributed by atoms with Crippen LogP contribution >= 0.6 is 0 Å². The maximum atomic E-state index is 12.2. The number of carboxylic acids is 1. The number of rotatable bonds is 3. The lowest BCUT2D eigenvalue weighted by Gasteiger charge is -2.36. The van der Waals surface area contributed by atoms with E-state index in [1.807, 2.05) is 6.92 Å². The Kier molecular flexibility index (Phi) is 3.73. The van der Waals surface area contributed by atoms with Crippen LogP contribution in [0.25, 0.3) is 0 Å². The number of piperidine rings is 1. The minimum absolute atomic E-state index is 0.103. The minimum atomic E-state index is -0.996. The molecule has 1 aromatic heterocycles. The molecular formula is C12H17N3O4. The fourth-order valence-corrected chi connectivity index (χ4v) is 2.49. The Hall–Kier alpha value is -2.05. The number of aromatic amines is 2. The van der Waals surface area contributed by atoms with Crippen molar-refractivity contribution in [3.63, 3.8) is 0 Å². The first-order valence-electron chi connectivity index (χ1n) is 6.34. The molecule has 2 heterocycles. The Bertz CT molecular complexity index is 533. The second-order valence-electron chi connectivity index (χ2n) is 4.81. The third-order valence-electron chi connectivity index (χ3n) is 3.66. The Morgan fingerprint density at radius 3 is 2.79 bits per heavy atom. The highest BCUT2D eigenvalue weighted by atomic mass is 16.4. The number of amides is 1. The van der Waals surface area contributed by atoms with E-state index in [1.54, 1.807) is 0 Å². The van der Waals surface area contributed by atoms with Crippen molar-refractivity contribution in [3.8, 4) is 0 Å². The lowest BCUT2D eigenvalue weighted by Crippen LogP contribution is -2.50. The Morgan fingerprint density at radius 1 is 1.53 bits per heavy atom. The van der Waals surface area contributed by atoms with Gasteiger partial charge in [0, 0.05) is 12.7 Å². The van der Waals surface area contributed by atoms with E-state index in [0.717, 1.165) is 12.8 Å². The van der Waals surface area contributed by atoms with Crippen molar-refractivity contribution in [2.24, 2.45) is 5.92 Å². The lowest BCUT2D eigenvalue weighted by molar-refractivity contribution is -0.144. The maximum absolute atomic E-state index is 12.2. The van der Waals surface area contributed by atoms with Crippen LogP contribution < -0.4 is 5.69 Å². The van der Waals surface area contributed by atoms with Crippen LogP contribution in [0, 0.1) is 5.92 Å². The van der Waals surface area contributed by atoms with E-state index in [0.29, 0.717) is 18.9 Å². The van der Waals surface area contributed by atoms with Crippen molar-refractivity contribution in [1.29, 1.82) is 0 Å². The fraction of sp³-hybridized carbons (Fsp3) is 0.583. The van der Waals surface area contributed by atoms with E-state index in [-0.39, 0.29) is 5.69 Å². The predicted octanol–water partition coefficient (Wildman–Crippen LogP) is 0.418. The van der Waals surface area contributed by atoms with Crippen molar-refractivity contribution < 1.29 is 14.7 Å². The summed E-state index contributed by atoms with van der Waals surface area (Å²) < 4.78 is 0. The second-order valence-corrected chi connectivity index (χ2v) is 4.81. The average molecular weight is 267 g/mol. The van der Waals surface area contributed by atoms with Crippen LogP contribution in [0.5, 0.6) is 0 Å². The highest BCUT2D eigenvalue weighted by Crippen LogP contribution is 2.26. The van der Waals surface area contributed by atoms with E-state index in [2.05, 4.69) is 9.97 Å². The van der Waals surface area contributed by atoms with Crippen molar-refractivity contribution in [2.75, 3.05) is 6.54 Å². The van der Waals surface area contributed by atoms with Crippen molar-refractivity contribution >= 4 is 11.9 Å². The summed E-state index contributed by atoms with van der Waals surface area (Å²) in [6.45, 7) is 2.42. The standard InChI is InChI=1S/C12H17N3O4/c1-2-7-3-4-15(9(5-7)11(17)18)10(16)8-6-13-12(19)14-8/h6-7,9H,2-5H2,1H3,(H,17,18)(H2,13,14,19). The molecule has 104 valence electrons. The first kappa shape index (κ1) is 13.4. The molecule has 0 radical (unpaired) electrons. The van der Waals surface area contributed by atoms with Gasteiger partial charge in [-0.25, -0.2) is 9.59 Å². The zero-order chi connectivity index (χ0) is 14.0. The largest absolute Gasteiger partial charge is 0.480 e. The number of aromatic nitrogens is 2. The summed E-state index contributed by atoms with van der Waals surface area (Å²) in [5.41, 5.74) is -0.370. The van der Waals surface area contributed by atoms with Gasteiger partial charge < -0.3 is 20.0 Å². The Morgan fingerprint density at radius 2 is 2.26 bits per heavy atom. The highest BCUT2D eigenvalue weighted by Gasteiger charge is 2.36. The van der Waals surface area contributed by atoms with Gasteiger partial charge in [-0.2, -0.15) is 0 Å². The molecule has 0 bridgehead atoms. The smallest absolute Gasteiger partial charge is 0.326 e. The summed E-state index contributed by atoms with van der Waals surface area (Å²) in [4.78, 5) is 40.5. The summed E-state index contributed by atoms with van der Waals surface area (Å²) in [5.74, 6) is -1.11. The molecule has 3 N–H and O–H groups in total. The van der Waals surface area contributed by atoms with Gasteiger partial charge >= 0.3 is 11.7 Å². The van der Waals surface area contributed by atoms with Gasteiger partial charge in [0.25, 0.3) is 5.91 Å². The van der Waals surface area contributed by atoms with Crippen LogP contribution in [-0.4, -0.2) is 44.4 Å². The van der Waals surface area contributed by atoms with Gasteiger partial charge in [0.05, 0.1) is 0 Å². The summed E-state index contributed by atoms with van der Waals surface area (Å²) in [5, 5.41) is 9.25. The van der Waals surface area contributed by atoms with Gasteiger partial charge in [0.1, 0.15) is 11.7 Å². The van der Waals surface area contributed by atoms with Crippen LogP contribution in [0.2, 0.25) is 0 Å². The number of hydrogen-bond donors (Lipinski definition) is 3. The number of nitrogens with zero attached hydrogens (tertiary/aromatic N) is 1. The monoisotopic (exact) mass is 267 g/mol. The number of imidazole rings is 1. The molecule has 19 heavy (non-hydrogen) atoms. The summed E-state index contributed by atoms with van der Waals surface area (Å²) in [6, 6.07) is -0.815. The molecule has 7 nitrogen and oxygen atoms in total. The Labute approximate surface area is 109 Å². The van der Waals surface area contributed by atoms with Crippen LogP contribution in [0.3, 0.4) is 0 Å². The van der Waals surface area contributed by atoms with Crippen LogP contribution in [-0.2, 0) is 4.79 Å². The normalized spacial score (nSPS) is 23.3. The minimum Gasteiger partial charge on any atom is -0.480 e. The van der Waals surface area contributed by atoms with Gasteiger partial charge in [0.2, 0.25) is 0 Å². The molecule has 2 atom stereocenters. The predicted molar refractivity (Wildman–Crippen MR) is 66.9 cm³/mol. The van der Waals surface area contributed by atoms with E-state index in [4.69, 9.17) is 0 Å². The summed E-state index contributed by atoms with van der Waals surface area (Å²) in [6.07, 6.45) is 3.44. The van der Waals surface area contributed by atoms with E-state index >= 15 is 0 Å². The van der Waals surface area contributed by atoms with Gasteiger partial charge in [-0.15, -0.1) is 0 Å². The molecule has 2 rings (SSSR count). The lowest BCUT2D eigenvalue weighted by atomic mass is 9.88. The number of nitrogens with one attached hydrogen (secondary N) is 2. The third kappa shape index (κ3) is 2.69. The molecule has 1 aliphatic heterocycles. The first-order chi connectivity index (χ1) is 9.02.